The van der Waals surface area contributed by atoms with Crippen LogP contribution in [0.4, 0.5) is 0 Å². The molecule has 0 heterocycles. The van der Waals surface area contributed by atoms with Crippen molar-refractivity contribution in [2.45, 2.75) is 31.3 Å². The van der Waals surface area contributed by atoms with Gasteiger partial charge in [-0.25, -0.2) is 0 Å². The van der Waals surface area contributed by atoms with Gasteiger partial charge in [0.1, 0.15) is 5.75 Å². The van der Waals surface area contributed by atoms with E-state index in [1.165, 1.54) is 5.57 Å². The van der Waals surface area contributed by atoms with E-state index < -0.39 is 6.10 Å². The van der Waals surface area contributed by atoms with Crippen molar-refractivity contribution in [2.75, 3.05) is 0 Å². The Kier molecular flexibility index (Phi) is 4.16. The first-order valence-electron chi connectivity index (χ1n) is 7.57. The van der Waals surface area contributed by atoms with Crippen LogP contribution in [0.2, 0.25) is 0 Å². The van der Waals surface area contributed by atoms with Crippen molar-refractivity contribution in [1.29, 1.82) is 0 Å². The lowest BCUT2D eigenvalue weighted by molar-refractivity contribution is 0.225. The number of allylic oxidation sites excluding steroid dienone is 6. The summed E-state index contributed by atoms with van der Waals surface area (Å²) < 4.78 is 0. The maximum Gasteiger partial charge on any atom is 0.115 e. The molecule has 22 heavy (non-hydrogen) atoms. The number of hydrogen-bond donors (Lipinski definition) is 3. The third-order valence-electron chi connectivity index (χ3n) is 4.20. The third kappa shape index (κ3) is 3.15. The average molecular weight is 296 g/mol. The summed E-state index contributed by atoms with van der Waals surface area (Å²) in [5.41, 5.74) is 3.49. The Morgan fingerprint density at radius 3 is 2.36 bits per heavy atom. The highest BCUT2D eigenvalue weighted by Gasteiger charge is 2.23. The van der Waals surface area contributed by atoms with Crippen LogP contribution in [0.5, 0.6) is 5.75 Å². The monoisotopic (exact) mass is 296 g/mol. The smallest absolute Gasteiger partial charge is 0.115 e. The highest BCUT2D eigenvalue weighted by Crippen LogP contribution is 2.39. The summed E-state index contributed by atoms with van der Waals surface area (Å²) in [5, 5.41) is 28.7. The van der Waals surface area contributed by atoms with Crippen molar-refractivity contribution >= 4 is 0 Å². The summed E-state index contributed by atoms with van der Waals surface area (Å²) in [7, 11) is 0. The minimum atomic E-state index is -0.409. The Bertz CT molecular complexity index is 662. The minimum absolute atomic E-state index is 0.0914. The first kappa shape index (κ1) is 14.7. The normalized spacial score (nSPS) is 22.6. The molecule has 3 nitrogen and oxygen atoms in total. The fourth-order valence-corrected chi connectivity index (χ4v) is 3.01. The third-order valence-corrected chi connectivity index (χ3v) is 4.20. The maximum absolute atomic E-state index is 9.64. The van der Waals surface area contributed by atoms with Gasteiger partial charge in [-0.05, 0) is 42.2 Å². The van der Waals surface area contributed by atoms with E-state index in [2.05, 4.69) is 6.08 Å². The largest absolute Gasteiger partial charge is 0.512 e. The zero-order valence-electron chi connectivity index (χ0n) is 12.3. The van der Waals surface area contributed by atoms with Gasteiger partial charge in [0.25, 0.3) is 0 Å². The number of benzene rings is 1. The first-order chi connectivity index (χ1) is 10.6. The molecule has 0 fully saturated rings. The molecule has 0 amide bonds. The predicted molar refractivity (Wildman–Crippen MR) is 86.7 cm³/mol. The van der Waals surface area contributed by atoms with E-state index in [-0.39, 0.29) is 11.7 Å². The van der Waals surface area contributed by atoms with E-state index in [9.17, 15) is 15.3 Å². The number of hydrogen-bond acceptors (Lipinski definition) is 3. The highest BCUT2D eigenvalue weighted by atomic mass is 16.3. The number of phenolic OH excluding ortho intramolecular Hbond substituents is 1. The molecule has 1 aromatic rings. The van der Waals surface area contributed by atoms with Crippen LogP contribution in [0.3, 0.4) is 0 Å². The molecule has 0 saturated heterocycles. The fourth-order valence-electron chi connectivity index (χ4n) is 3.01. The van der Waals surface area contributed by atoms with Crippen LogP contribution in [0.15, 0.2) is 71.6 Å². The van der Waals surface area contributed by atoms with Crippen LogP contribution < -0.4 is 0 Å². The summed E-state index contributed by atoms with van der Waals surface area (Å²) in [5.74, 6) is 0.756. The molecule has 2 aliphatic rings. The van der Waals surface area contributed by atoms with E-state index in [0.29, 0.717) is 18.6 Å². The van der Waals surface area contributed by atoms with Crippen molar-refractivity contribution in [3.63, 3.8) is 0 Å². The number of rotatable bonds is 3. The highest BCUT2D eigenvalue weighted by molar-refractivity contribution is 5.47. The molecule has 0 aromatic heterocycles. The summed E-state index contributed by atoms with van der Waals surface area (Å²) in [6.07, 6.45) is 11.3. The van der Waals surface area contributed by atoms with Gasteiger partial charge in [-0.3, -0.25) is 0 Å². The van der Waals surface area contributed by atoms with Crippen molar-refractivity contribution in [2.24, 2.45) is 0 Å². The van der Waals surface area contributed by atoms with Gasteiger partial charge in [0.2, 0.25) is 0 Å². The Morgan fingerprint density at radius 1 is 1.00 bits per heavy atom. The molecular weight excluding hydrogens is 276 g/mol. The zero-order valence-corrected chi connectivity index (χ0v) is 12.3. The first-order valence-corrected chi connectivity index (χ1v) is 7.57. The molecule has 3 N–H and O–H groups in total. The molecule has 0 radical (unpaired) electrons. The van der Waals surface area contributed by atoms with Crippen molar-refractivity contribution in [1.82, 2.24) is 0 Å². The molecule has 3 heteroatoms. The molecule has 2 atom stereocenters. The maximum atomic E-state index is 9.64. The molecule has 0 saturated carbocycles. The minimum Gasteiger partial charge on any atom is -0.512 e. The van der Waals surface area contributed by atoms with E-state index in [1.54, 1.807) is 18.2 Å². The second-order valence-electron chi connectivity index (χ2n) is 5.79. The molecule has 2 aliphatic carbocycles. The molecule has 114 valence electrons. The summed E-state index contributed by atoms with van der Waals surface area (Å²) in [4.78, 5) is 0. The van der Waals surface area contributed by atoms with E-state index in [1.807, 2.05) is 30.4 Å². The van der Waals surface area contributed by atoms with Gasteiger partial charge in [-0.1, -0.05) is 42.0 Å². The Hall–Kier alpha value is -2.26. The molecule has 2 unspecified atom stereocenters. The number of aliphatic hydroxyl groups is 2. The van der Waals surface area contributed by atoms with Crippen LogP contribution in [0.25, 0.3) is 0 Å². The Morgan fingerprint density at radius 2 is 1.77 bits per heavy atom. The van der Waals surface area contributed by atoms with Crippen LogP contribution in [0, 0.1) is 0 Å². The predicted octanol–water partition coefficient (Wildman–Crippen LogP) is 3.89. The fraction of sp³-hybridized carbons (Fsp3) is 0.263. The second kappa shape index (κ2) is 6.24. The SMILES string of the molecule is OC1=CC=C(C(C2=CCC(O)C=C2)c2ccc(O)cc2)CC1. The Labute approximate surface area is 130 Å². The summed E-state index contributed by atoms with van der Waals surface area (Å²) >= 11 is 0. The van der Waals surface area contributed by atoms with Crippen LogP contribution in [-0.4, -0.2) is 21.4 Å². The number of phenols is 1. The summed E-state index contributed by atoms with van der Waals surface area (Å²) in [6.45, 7) is 0. The van der Waals surface area contributed by atoms with Crippen LogP contribution in [-0.2, 0) is 0 Å². The van der Waals surface area contributed by atoms with Crippen LogP contribution in [0.1, 0.15) is 30.7 Å². The molecule has 0 bridgehead atoms. The average Bonchev–Trinajstić information content (AvgIpc) is 2.53. The van der Waals surface area contributed by atoms with E-state index in [0.717, 1.165) is 17.6 Å². The topological polar surface area (TPSA) is 60.7 Å². The van der Waals surface area contributed by atoms with Gasteiger partial charge in [0.05, 0.1) is 11.9 Å². The Balaban J connectivity index is 1.99. The lowest BCUT2D eigenvalue weighted by atomic mass is 9.79. The molecule has 3 rings (SSSR count). The van der Waals surface area contributed by atoms with Gasteiger partial charge in [-0.2, -0.15) is 0 Å². The molecular formula is C19H20O3. The zero-order chi connectivity index (χ0) is 15.5. The van der Waals surface area contributed by atoms with Gasteiger partial charge in [0, 0.05) is 12.3 Å². The number of aromatic hydroxyl groups is 1. The van der Waals surface area contributed by atoms with E-state index in [4.69, 9.17) is 0 Å². The van der Waals surface area contributed by atoms with E-state index >= 15 is 0 Å². The van der Waals surface area contributed by atoms with Crippen molar-refractivity contribution in [3.05, 3.63) is 77.1 Å². The van der Waals surface area contributed by atoms with Gasteiger partial charge in [0.15, 0.2) is 0 Å². The second-order valence-corrected chi connectivity index (χ2v) is 5.79. The lowest BCUT2D eigenvalue weighted by Crippen LogP contribution is -2.12. The molecule has 0 spiro atoms. The van der Waals surface area contributed by atoms with Crippen LogP contribution >= 0.6 is 0 Å². The van der Waals surface area contributed by atoms with Gasteiger partial charge < -0.3 is 15.3 Å². The lowest BCUT2D eigenvalue weighted by Gasteiger charge is -2.26. The van der Waals surface area contributed by atoms with Crippen molar-refractivity contribution in [3.8, 4) is 5.75 Å². The number of aliphatic hydroxyl groups excluding tert-OH is 2. The van der Waals surface area contributed by atoms with Gasteiger partial charge >= 0.3 is 0 Å². The van der Waals surface area contributed by atoms with Crippen molar-refractivity contribution < 1.29 is 15.3 Å². The molecule has 1 aromatic carbocycles. The standard InChI is InChI=1S/C19H20O3/c20-16-7-1-13(2-8-16)19(14-3-9-17(21)10-4-14)15-5-11-18(22)12-6-15/h1-5,7-9,11,17,19-22H,6,10,12H2. The molecule has 0 aliphatic heterocycles. The quantitative estimate of drug-likeness (QED) is 0.793. The van der Waals surface area contributed by atoms with Gasteiger partial charge in [-0.15, -0.1) is 0 Å². The summed E-state index contributed by atoms with van der Waals surface area (Å²) in [6, 6.07) is 7.25.